The second kappa shape index (κ2) is 6.15. The largest absolute Gasteiger partial charge is 0.389 e. The Bertz CT molecular complexity index is 660. The number of rotatable bonds is 4. The first-order valence-electron chi connectivity index (χ1n) is 6.98. The molecule has 0 fully saturated rings. The fraction of sp³-hybridized carbons (Fsp3) is 0.400. The second-order valence-corrected chi connectivity index (χ2v) is 5.92. The number of amides is 2. The van der Waals surface area contributed by atoms with Gasteiger partial charge in [0.1, 0.15) is 5.82 Å². The van der Waals surface area contributed by atoms with Gasteiger partial charge in [-0.1, -0.05) is 12.1 Å². The molecule has 1 aromatic carbocycles. The van der Waals surface area contributed by atoms with Crippen molar-refractivity contribution in [2.45, 2.75) is 26.4 Å². The molecule has 7 nitrogen and oxygen atoms in total. The molecule has 0 atom stereocenters. The summed E-state index contributed by atoms with van der Waals surface area (Å²) < 4.78 is 0. The lowest BCUT2D eigenvalue weighted by atomic mass is 10.1. The number of anilines is 1. The van der Waals surface area contributed by atoms with Crippen LogP contribution < -0.4 is 5.32 Å². The fourth-order valence-electron chi connectivity index (χ4n) is 2.08. The number of H-pyrrole nitrogens is 1. The van der Waals surface area contributed by atoms with Crippen molar-refractivity contribution in [3.8, 4) is 11.4 Å². The van der Waals surface area contributed by atoms with Crippen molar-refractivity contribution in [1.29, 1.82) is 0 Å². The van der Waals surface area contributed by atoms with Gasteiger partial charge in [-0.05, 0) is 32.9 Å². The summed E-state index contributed by atoms with van der Waals surface area (Å²) >= 11 is 0. The van der Waals surface area contributed by atoms with Crippen LogP contribution in [0.15, 0.2) is 24.3 Å². The van der Waals surface area contributed by atoms with Gasteiger partial charge in [0.05, 0.1) is 12.1 Å². The predicted molar refractivity (Wildman–Crippen MR) is 84.5 cm³/mol. The molecule has 2 aromatic rings. The summed E-state index contributed by atoms with van der Waals surface area (Å²) in [6.07, 6.45) is 0. The van der Waals surface area contributed by atoms with Crippen molar-refractivity contribution in [3.05, 3.63) is 30.1 Å². The average molecular weight is 303 g/mol. The van der Waals surface area contributed by atoms with Crippen LogP contribution in [0.25, 0.3) is 11.4 Å². The molecule has 0 aliphatic rings. The summed E-state index contributed by atoms with van der Waals surface area (Å²) in [5, 5.41) is 19.4. The Morgan fingerprint density at radius 2 is 2.18 bits per heavy atom. The predicted octanol–water partition coefficient (Wildman–Crippen LogP) is 2.01. The summed E-state index contributed by atoms with van der Waals surface area (Å²) in [5.74, 6) is 1.31. The lowest BCUT2D eigenvalue weighted by molar-refractivity contribution is 0.0550. The monoisotopic (exact) mass is 303 g/mol. The molecule has 0 unspecified atom stereocenters. The highest BCUT2D eigenvalue weighted by molar-refractivity contribution is 5.89. The van der Waals surface area contributed by atoms with Crippen molar-refractivity contribution in [2.75, 3.05) is 18.9 Å². The van der Waals surface area contributed by atoms with Crippen molar-refractivity contribution in [1.82, 2.24) is 20.1 Å². The maximum atomic E-state index is 12.1. The zero-order valence-electron chi connectivity index (χ0n) is 13.2. The third kappa shape index (κ3) is 4.29. The van der Waals surface area contributed by atoms with E-state index in [2.05, 4.69) is 20.5 Å². The van der Waals surface area contributed by atoms with E-state index >= 15 is 0 Å². The number of aromatic amines is 1. The maximum absolute atomic E-state index is 12.1. The number of likely N-dealkylation sites (N-methyl/N-ethyl adjacent to an activating group) is 1. The molecule has 1 aromatic heterocycles. The maximum Gasteiger partial charge on any atom is 0.321 e. The molecule has 1 heterocycles. The molecule has 0 bridgehead atoms. The molecule has 3 N–H and O–H groups in total. The molecule has 0 radical (unpaired) electrons. The van der Waals surface area contributed by atoms with Crippen molar-refractivity contribution in [3.63, 3.8) is 0 Å². The molecule has 118 valence electrons. The van der Waals surface area contributed by atoms with Crippen LogP contribution in [0.2, 0.25) is 0 Å². The number of benzene rings is 1. The van der Waals surface area contributed by atoms with Gasteiger partial charge in [0.25, 0.3) is 0 Å². The highest BCUT2D eigenvalue weighted by atomic mass is 16.3. The molecule has 0 saturated carbocycles. The number of hydrogen-bond acceptors (Lipinski definition) is 4. The molecular formula is C15H21N5O2. The summed E-state index contributed by atoms with van der Waals surface area (Å²) in [6, 6.07) is 7.01. The Balaban J connectivity index is 2.09. The molecule has 0 saturated heterocycles. The number of hydrogen-bond donors (Lipinski definition) is 3. The number of aliphatic hydroxyl groups is 1. The van der Waals surface area contributed by atoms with Crippen LogP contribution >= 0.6 is 0 Å². The second-order valence-electron chi connectivity index (χ2n) is 5.92. The first-order chi connectivity index (χ1) is 10.2. The summed E-state index contributed by atoms with van der Waals surface area (Å²) in [5.41, 5.74) is 0.518. The first kappa shape index (κ1) is 16.0. The Labute approximate surface area is 129 Å². The van der Waals surface area contributed by atoms with Crippen molar-refractivity contribution < 1.29 is 9.90 Å². The average Bonchev–Trinajstić information content (AvgIpc) is 2.84. The van der Waals surface area contributed by atoms with Crippen LogP contribution in [0.5, 0.6) is 0 Å². The van der Waals surface area contributed by atoms with E-state index in [4.69, 9.17) is 0 Å². The quantitative estimate of drug-likeness (QED) is 0.805. The van der Waals surface area contributed by atoms with Crippen molar-refractivity contribution in [2.24, 2.45) is 0 Å². The van der Waals surface area contributed by atoms with Crippen LogP contribution in [0.1, 0.15) is 19.7 Å². The van der Waals surface area contributed by atoms with Crippen LogP contribution in [0, 0.1) is 6.92 Å². The lowest BCUT2D eigenvalue weighted by Crippen LogP contribution is -2.41. The molecule has 7 heteroatoms. The van der Waals surface area contributed by atoms with E-state index in [0.717, 1.165) is 11.4 Å². The minimum atomic E-state index is -0.940. The van der Waals surface area contributed by atoms with E-state index in [1.165, 1.54) is 4.90 Å². The number of carbonyl (C=O) groups is 1. The molecule has 0 spiro atoms. The number of urea groups is 1. The third-order valence-corrected chi connectivity index (χ3v) is 2.94. The highest BCUT2D eigenvalue weighted by Gasteiger charge is 2.19. The van der Waals surface area contributed by atoms with Gasteiger partial charge >= 0.3 is 6.03 Å². The molecule has 0 aliphatic carbocycles. The molecule has 0 aliphatic heterocycles. The van der Waals surface area contributed by atoms with Gasteiger partial charge in [-0.2, -0.15) is 5.10 Å². The molecule has 22 heavy (non-hydrogen) atoms. The van der Waals surface area contributed by atoms with Crippen LogP contribution in [-0.2, 0) is 0 Å². The smallest absolute Gasteiger partial charge is 0.321 e. The van der Waals surface area contributed by atoms with Crippen molar-refractivity contribution >= 4 is 11.7 Å². The third-order valence-electron chi connectivity index (χ3n) is 2.94. The topological polar surface area (TPSA) is 94.1 Å². The summed E-state index contributed by atoms with van der Waals surface area (Å²) in [4.78, 5) is 17.8. The fourth-order valence-corrected chi connectivity index (χ4v) is 2.08. The lowest BCUT2D eigenvalue weighted by Gasteiger charge is -2.25. The SMILES string of the molecule is Cc1nc(-c2cccc(NC(=O)N(C)CC(C)(C)O)c2)n[nH]1. The van der Waals surface area contributed by atoms with E-state index < -0.39 is 5.60 Å². The van der Waals surface area contributed by atoms with Gasteiger partial charge in [0.15, 0.2) is 5.82 Å². The summed E-state index contributed by atoms with van der Waals surface area (Å²) in [6.45, 7) is 5.37. The van der Waals surface area contributed by atoms with Crippen LogP contribution in [-0.4, -0.2) is 50.4 Å². The standard InChI is InChI=1S/C15H21N5O2/c1-10-16-13(19-18-10)11-6-5-7-12(8-11)17-14(21)20(4)9-15(2,3)22/h5-8,22H,9H2,1-4H3,(H,17,21)(H,16,18,19). The van der Waals surface area contributed by atoms with Gasteiger partial charge in [-0.25, -0.2) is 9.78 Å². The number of nitrogens with zero attached hydrogens (tertiary/aromatic N) is 3. The van der Waals surface area contributed by atoms with E-state index in [1.54, 1.807) is 33.0 Å². The van der Waals surface area contributed by atoms with E-state index in [-0.39, 0.29) is 12.6 Å². The van der Waals surface area contributed by atoms with Gasteiger partial charge in [-0.15, -0.1) is 0 Å². The van der Waals surface area contributed by atoms with E-state index in [9.17, 15) is 9.90 Å². The minimum Gasteiger partial charge on any atom is -0.389 e. The molecule has 2 rings (SSSR count). The highest BCUT2D eigenvalue weighted by Crippen LogP contribution is 2.19. The number of aromatic nitrogens is 3. The Morgan fingerprint density at radius 3 is 2.77 bits per heavy atom. The van der Waals surface area contributed by atoms with Gasteiger partial charge in [0.2, 0.25) is 0 Å². The van der Waals surface area contributed by atoms with Crippen LogP contribution in [0.3, 0.4) is 0 Å². The zero-order valence-corrected chi connectivity index (χ0v) is 13.2. The summed E-state index contributed by atoms with van der Waals surface area (Å²) in [7, 11) is 1.63. The molecular weight excluding hydrogens is 282 g/mol. The number of aryl methyl sites for hydroxylation is 1. The van der Waals surface area contributed by atoms with E-state index in [1.807, 2.05) is 19.1 Å². The minimum absolute atomic E-state index is 0.235. The number of nitrogens with one attached hydrogen (secondary N) is 2. The first-order valence-corrected chi connectivity index (χ1v) is 6.98. The Morgan fingerprint density at radius 1 is 1.45 bits per heavy atom. The van der Waals surface area contributed by atoms with Gasteiger partial charge in [0, 0.05) is 18.3 Å². The Hall–Kier alpha value is -2.41. The zero-order chi connectivity index (χ0) is 16.3. The normalized spacial score (nSPS) is 11.3. The van der Waals surface area contributed by atoms with Crippen LogP contribution in [0.4, 0.5) is 10.5 Å². The van der Waals surface area contributed by atoms with E-state index in [0.29, 0.717) is 11.5 Å². The molecule has 2 amide bonds. The van der Waals surface area contributed by atoms with Gasteiger partial charge < -0.3 is 15.3 Å². The number of carbonyl (C=O) groups excluding carboxylic acids is 1. The Kier molecular flexibility index (Phi) is 4.46. The van der Waals surface area contributed by atoms with Gasteiger partial charge in [-0.3, -0.25) is 5.10 Å².